The van der Waals surface area contributed by atoms with E-state index in [0.29, 0.717) is 12.8 Å². The predicted octanol–water partition coefficient (Wildman–Crippen LogP) is 0.549. The number of carbonyl (C=O) groups excluding carboxylic acids is 3. The Morgan fingerprint density at radius 3 is 2.44 bits per heavy atom. The molecule has 2 atom stereocenters. The van der Waals surface area contributed by atoms with Crippen molar-refractivity contribution in [1.29, 1.82) is 0 Å². The molecule has 2 aliphatic rings. The number of carbonyl (C=O) groups is 3. The van der Waals surface area contributed by atoms with Crippen LogP contribution in [0.1, 0.15) is 44.9 Å². The van der Waals surface area contributed by atoms with Gasteiger partial charge in [-0.25, -0.2) is 0 Å². The van der Waals surface area contributed by atoms with Crippen LogP contribution in [0.3, 0.4) is 0 Å². The van der Waals surface area contributed by atoms with Gasteiger partial charge in [-0.2, -0.15) is 0 Å². The van der Waals surface area contributed by atoms with E-state index in [9.17, 15) is 19.5 Å². The molecule has 1 heterocycles. The van der Waals surface area contributed by atoms with Gasteiger partial charge in [0.15, 0.2) is 0 Å². The van der Waals surface area contributed by atoms with Crippen LogP contribution in [-0.4, -0.2) is 28.8 Å². The third-order valence-corrected chi connectivity index (χ3v) is 3.87. The van der Waals surface area contributed by atoms with Gasteiger partial charge < -0.3 is 5.11 Å². The molecule has 1 saturated carbocycles. The molecule has 0 radical (unpaired) electrons. The average molecular weight is 253 g/mol. The molecule has 5 nitrogen and oxygen atoms in total. The number of Topliss-reactive ketones (excluding diaryl/α,β-unsaturated/α-hetero) is 1. The molecular weight excluding hydrogens is 234 g/mol. The van der Waals surface area contributed by atoms with Gasteiger partial charge in [0.1, 0.15) is 5.78 Å². The SMILES string of the molecule is O=C1CC(CC(O)C2CCCCC2=O)CC(=O)N1. The van der Waals surface area contributed by atoms with E-state index in [0.717, 1.165) is 19.3 Å². The fourth-order valence-electron chi connectivity index (χ4n) is 2.94. The molecule has 2 amide bonds. The van der Waals surface area contributed by atoms with E-state index < -0.39 is 6.10 Å². The summed E-state index contributed by atoms with van der Waals surface area (Å²) in [5.41, 5.74) is 0. The first-order valence-electron chi connectivity index (χ1n) is 6.59. The smallest absolute Gasteiger partial charge is 0.226 e. The molecule has 0 aromatic rings. The second kappa shape index (κ2) is 5.61. The largest absolute Gasteiger partial charge is 0.392 e. The molecule has 2 N–H and O–H groups in total. The molecule has 2 unspecified atom stereocenters. The maximum absolute atomic E-state index is 11.7. The van der Waals surface area contributed by atoms with Crippen LogP contribution in [0.2, 0.25) is 0 Å². The molecule has 1 aliphatic carbocycles. The number of nitrogens with one attached hydrogen (secondary N) is 1. The van der Waals surface area contributed by atoms with Crippen molar-refractivity contribution >= 4 is 17.6 Å². The van der Waals surface area contributed by atoms with E-state index in [2.05, 4.69) is 5.32 Å². The number of aliphatic hydroxyl groups excluding tert-OH is 1. The van der Waals surface area contributed by atoms with Crippen LogP contribution in [0.25, 0.3) is 0 Å². The number of hydrogen-bond acceptors (Lipinski definition) is 4. The van der Waals surface area contributed by atoms with E-state index in [4.69, 9.17) is 0 Å². The van der Waals surface area contributed by atoms with Gasteiger partial charge in [0.25, 0.3) is 0 Å². The quantitative estimate of drug-likeness (QED) is 0.719. The Labute approximate surface area is 106 Å². The minimum Gasteiger partial charge on any atom is -0.392 e. The monoisotopic (exact) mass is 253 g/mol. The second-order valence-corrected chi connectivity index (χ2v) is 5.37. The van der Waals surface area contributed by atoms with Crippen molar-refractivity contribution < 1.29 is 19.5 Å². The highest BCUT2D eigenvalue weighted by molar-refractivity contribution is 5.97. The standard InChI is InChI=1S/C13H19NO4/c15-10-4-2-1-3-9(10)11(16)5-8-6-12(17)14-13(18)7-8/h8-9,11,16H,1-7H2,(H,14,17,18). The lowest BCUT2D eigenvalue weighted by atomic mass is 9.79. The summed E-state index contributed by atoms with van der Waals surface area (Å²) in [6.07, 6.45) is 3.35. The highest BCUT2D eigenvalue weighted by Gasteiger charge is 2.33. The van der Waals surface area contributed by atoms with Crippen molar-refractivity contribution in [2.45, 2.75) is 51.0 Å². The summed E-state index contributed by atoms with van der Waals surface area (Å²) in [5, 5.41) is 12.3. The van der Waals surface area contributed by atoms with Crippen molar-refractivity contribution in [2.75, 3.05) is 0 Å². The van der Waals surface area contributed by atoms with Gasteiger partial charge in [-0.1, -0.05) is 6.42 Å². The van der Waals surface area contributed by atoms with E-state index >= 15 is 0 Å². The first kappa shape index (κ1) is 13.2. The van der Waals surface area contributed by atoms with Crippen LogP contribution in [0.15, 0.2) is 0 Å². The average Bonchev–Trinajstić information content (AvgIpc) is 2.27. The van der Waals surface area contributed by atoms with Gasteiger partial charge >= 0.3 is 0 Å². The lowest BCUT2D eigenvalue weighted by Gasteiger charge is -2.29. The lowest BCUT2D eigenvalue weighted by molar-refractivity contribution is -0.135. The Balaban J connectivity index is 1.89. The molecule has 0 aromatic carbocycles. The summed E-state index contributed by atoms with van der Waals surface area (Å²) in [5.74, 6) is -0.855. The fourth-order valence-corrected chi connectivity index (χ4v) is 2.94. The predicted molar refractivity (Wildman–Crippen MR) is 63.5 cm³/mol. The Morgan fingerprint density at radius 2 is 1.83 bits per heavy atom. The minimum absolute atomic E-state index is 0.125. The van der Waals surface area contributed by atoms with Crippen LogP contribution < -0.4 is 5.32 Å². The van der Waals surface area contributed by atoms with Crippen molar-refractivity contribution in [2.24, 2.45) is 11.8 Å². The molecular formula is C13H19NO4. The van der Waals surface area contributed by atoms with Crippen LogP contribution in [0.4, 0.5) is 0 Å². The van der Waals surface area contributed by atoms with Crippen molar-refractivity contribution in [3.8, 4) is 0 Å². The van der Waals surface area contributed by atoms with Crippen molar-refractivity contribution in [3.05, 3.63) is 0 Å². The van der Waals surface area contributed by atoms with Gasteiger partial charge in [0, 0.05) is 25.2 Å². The first-order valence-corrected chi connectivity index (χ1v) is 6.59. The second-order valence-electron chi connectivity index (χ2n) is 5.37. The number of amides is 2. The third kappa shape index (κ3) is 3.16. The van der Waals surface area contributed by atoms with E-state index in [1.54, 1.807) is 0 Å². The number of hydrogen-bond donors (Lipinski definition) is 2. The Bertz CT molecular complexity index is 350. The number of aliphatic hydroxyl groups is 1. The zero-order chi connectivity index (χ0) is 13.1. The zero-order valence-electron chi connectivity index (χ0n) is 10.4. The van der Waals surface area contributed by atoms with Crippen LogP contribution in [0.5, 0.6) is 0 Å². The third-order valence-electron chi connectivity index (χ3n) is 3.87. The number of imide groups is 1. The van der Waals surface area contributed by atoms with Gasteiger partial charge in [0.05, 0.1) is 6.10 Å². The fraction of sp³-hybridized carbons (Fsp3) is 0.769. The summed E-state index contributed by atoms with van der Waals surface area (Å²) in [4.78, 5) is 34.2. The molecule has 1 saturated heterocycles. The van der Waals surface area contributed by atoms with Gasteiger partial charge in [-0.3, -0.25) is 19.7 Å². The first-order chi connectivity index (χ1) is 8.56. The zero-order valence-corrected chi connectivity index (χ0v) is 10.4. The Kier molecular flexibility index (Phi) is 4.11. The summed E-state index contributed by atoms with van der Waals surface area (Å²) in [6.45, 7) is 0. The molecule has 100 valence electrons. The molecule has 5 heteroatoms. The maximum Gasteiger partial charge on any atom is 0.226 e. The highest BCUT2D eigenvalue weighted by Crippen LogP contribution is 2.29. The summed E-state index contributed by atoms with van der Waals surface area (Å²) >= 11 is 0. The normalized spacial score (nSPS) is 28.1. The van der Waals surface area contributed by atoms with Crippen LogP contribution in [-0.2, 0) is 14.4 Å². The molecule has 0 spiro atoms. The molecule has 0 bridgehead atoms. The number of rotatable bonds is 3. The Hall–Kier alpha value is -1.23. The van der Waals surface area contributed by atoms with E-state index in [1.807, 2.05) is 0 Å². The van der Waals surface area contributed by atoms with Gasteiger partial charge in [-0.05, 0) is 25.2 Å². The summed E-state index contributed by atoms with van der Waals surface area (Å²) in [6, 6.07) is 0. The number of piperidine rings is 1. The minimum atomic E-state index is -0.707. The van der Waals surface area contributed by atoms with Gasteiger partial charge in [-0.15, -0.1) is 0 Å². The molecule has 1 aliphatic heterocycles. The van der Waals surface area contributed by atoms with Crippen LogP contribution >= 0.6 is 0 Å². The molecule has 2 rings (SSSR count). The molecule has 0 aromatic heterocycles. The highest BCUT2D eigenvalue weighted by atomic mass is 16.3. The lowest BCUT2D eigenvalue weighted by Crippen LogP contribution is -2.41. The van der Waals surface area contributed by atoms with Crippen molar-refractivity contribution in [1.82, 2.24) is 5.32 Å². The van der Waals surface area contributed by atoms with E-state index in [1.165, 1.54) is 0 Å². The van der Waals surface area contributed by atoms with Crippen molar-refractivity contribution in [3.63, 3.8) is 0 Å². The Morgan fingerprint density at radius 1 is 1.17 bits per heavy atom. The van der Waals surface area contributed by atoms with Crippen LogP contribution in [0, 0.1) is 11.8 Å². The summed E-state index contributed by atoms with van der Waals surface area (Å²) in [7, 11) is 0. The molecule has 18 heavy (non-hydrogen) atoms. The topological polar surface area (TPSA) is 83.5 Å². The number of ketones is 1. The maximum atomic E-state index is 11.7. The molecule has 2 fully saturated rings. The van der Waals surface area contributed by atoms with E-state index in [-0.39, 0.29) is 42.3 Å². The summed E-state index contributed by atoms with van der Waals surface area (Å²) < 4.78 is 0. The van der Waals surface area contributed by atoms with Gasteiger partial charge in [0.2, 0.25) is 11.8 Å².